The summed E-state index contributed by atoms with van der Waals surface area (Å²) in [5, 5.41) is 5.93. The van der Waals surface area contributed by atoms with E-state index in [9.17, 15) is 9.59 Å². The molecule has 2 N–H and O–H groups in total. The number of carbonyl (C=O) groups is 2. The van der Waals surface area contributed by atoms with Crippen LogP contribution in [0, 0.1) is 0 Å². The minimum Gasteiger partial charge on any atom is -0.326 e. The molecule has 4 aromatic carbocycles. The number of amides is 2. The van der Waals surface area contributed by atoms with Crippen molar-refractivity contribution < 1.29 is 9.59 Å². The molecule has 0 fully saturated rings. The molecule has 0 bridgehead atoms. The highest BCUT2D eigenvalue weighted by atomic mass is 33.1. The van der Waals surface area contributed by atoms with Crippen LogP contribution in [0.25, 0.3) is 0 Å². The zero-order valence-electron chi connectivity index (χ0n) is 19.9. The lowest BCUT2D eigenvalue weighted by Crippen LogP contribution is -2.12. The van der Waals surface area contributed by atoms with Crippen LogP contribution in [0.3, 0.4) is 0 Å². The maximum absolute atomic E-state index is 12.2. The van der Waals surface area contributed by atoms with Gasteiger partial charge in [-0.05, 0) is 72.5 Å². The largest absolute Gasteiger partial charge is 0.326 e. The molecule has 0 saturated carbocycles. The van der Waals surface area contributed by atoms with Crippen LogP contribution >= 0.6 is 21.6 Å². The Morgan fingerprint density at radius 1 is 0.500 bits per heavy atom. The molecule has 182 valence electrons. The fraction of sp³-hybridized carbons (Fsp3) is 0.133. The summed E-state index contributed by atoms with van der Waals surface area (Å²) in [6.07, 6.45) is 2.38. The molecule has 0 aliphatic rings. The molecule has 0 aliphatic carbocycles. The van der Waals surface area contributed by atoms with Crippen LogP contribution in [-0.2, 0) is 22.4 Å². The summed E-state index contributed by atoms with van der Waals surface area (Å²) in [5.74, 6) is 0.0294. The Bertz CT molecular complexity index is 1140. The number of benzene rings is 4. The van der Waals surface area contributed by atoms with Crippen LogP contribution in [0.4, 0.5) is 11.4 Å². The smallest absolute Gasteiger partial charge is 0.224 e. The van der Waals surface area contributed by atoms with Gasteiger partial charge in [-0.1, -0.05) is 82.3 Å². The van der Waals surface area contributed by atoms with Crippen LogP contribution in [0.2, 0.25) is 0 Å². The number of anilines is 2. The Morgan fingerprint density at radius 3 is 1.22 bits per heavy atom. The molecular formula is C30H28N2O2S2. The zero-order chi connectivity index (χ0) is 25.0. The van der Waals surface area contributed by atoms with Crippen LogP contribution in [0.15, 0.2) is 119 Å². The normalized spacial score (nSPS) is 10.6. The lowest BCUT2D eigenvalue weighted by atomic mass is 10.1. The first-order valence-corrected chi connectivity index (χ1v) is 14.0. The van der Waals surface area contributed by atoms with Crippen molar-refractivity contribution in [3.63, 3.8) is 0 Å². The van der Waals surface area contributed by atoms with Crippen LogP contribution in [-0.4, -0.2) is 11.8 Å². The highest BCUT2D eigenvalue weighted by molar-refractivity contribution is 8.76. The van der Waals surface area contributed by atoms with E-state index >= 15 is 0 Å². The molecule has 2 amide bonds. The number of rotatable bonds is 11. The first-order chi connectivity index (χ1) is 17.6. The third-order valence-electron chi connectivity index (χ3n) is 5.48. The Morgan fingerprint density at radius 2 is 0.861 bits per heavy atom. The van der Waals surface area contributed by atoms with Crippen molar-refractivity contribution >= 4 is 44.8 Å². The molecule has 0 aromatic heterocycles. The molecule has 0 spiro atoms. The van der Waals surface area contributed by atoms with Gasteiger partial charge in [0.05, 0.1) is 0 Å². The molecule has 4 rings (SSSR count). The van der Waals surface area contributed by atoms with Gasteiger partial charge in [-0.3, -0.25) is 9.59 Å². The van der Waals surface area contributed by atoms with Crippen LogP contribution < -0.4 is 10.6 Å². The van der Waals surface area contributed by atoms with Crippen molar-refractivity contribution in [2.45, 2.75) is 35.5 Å². The van der Waals surface area contributed by atoms with Gasteiger partial charge in [0.2, 0.25) is 11.8 Å². The topological polar surface area (TPSA) is 58.2 Å². The van der Waals surface area contributed by atoms with E-state index in [-0.39, 0.29) is 11.8 Å². The number of nitrogens with one attached hydrogen (secondary N) is 2. The Balaban J connectivity index is 1.17. The summed E-state index contributed by atoms with van der Waals surface area (Å²) in [7, 11) is 3.30. The summed E-state index contributed by atoms with van der Waals surface area (Å²) in [6.45, 7) is 0. The van der Waals surface area contributed by atoms with Crippen molar-refractivity contribution in [3.05, 3.63) is 120 Å². The molecule has 36 heavy (non-hydrogen) atoms. The molecule has 6 heteroatoms. The van der Waals surface area contributed by atoms with Gasteiger partial charge in [0.15, 0.2) is 0 Å². The summed E-state index contributed by atoms with van der Waals surface area (Å²) < 4.78 is 0. The van der Waals surface area contributed by atoms with E-state index < -0.39 is 0 Å². The van der Waals surface area contributed by atoms with E-state index in [1.54, 1.807) is 21.6 Å². The Labute approximate surface area is 220 Å². The van der Waals surface area contributed by atoms with Crippen molar-refractivity contribution in [3.8, 4) is 0 Å². The van der Waals surface area contributed by atoms with Crippen LogP contribution in [0.1, 0.15) is 24.0 Å². The maximum atomic E-state index is 12.2. The summed E-state index contributed by atoms with van der Waals surface area (Å²) >= 11 is 0. The molecule has 0 heterocycles. The first-order valence-electron chi connectivity index (χ1n) is 11.9. The first kappa shape index (κ1) is 25.6. The van der Waals surface area contributed by atoms with E-state index in [0.29, 0.717) is 12.8 Å². The standard InChI is InChI=1S/C30H28N2O2S2/c33-29(21-11-23-7-3-1-4-8-23)31-25-13-17-27(18-14-25)35-36-28-19-15-26(16-20-28)32-30(34)22-12-24-9-5-2-6-10-24/h1-10,13-20H,11-12,21-22H2,(H,31,33)(H,32,34). The van der Waals surface area contributed by atoms with Crippen LogP contribution in [0.5, 0.6) is 0 Å². The minimum atomic E-state index is 0.0147. The van der Waals surface area contributed by atoms with Gasteiger partial charge in [-0.15, -0.1) is 0 Å². The second kappa shape index (κ2) is 13.6. The summed E-state index contributed by atoms with van der Waals surface area (Å²) in [5.41, 5.74) is 3.93. The SMILES string of the molecule is O=C(CCc1ccccc1)Nc1ccc(SSc2ccc(NC(=O)CCc3ccccc3)cc2)cc1. The fourth-order valence-corrected chi connectivity index (χ4v) is 5.47. The Kier molecular flexibility index (Phi) is 9.65. The second-order valence-corrected chi connectivity index (χ2v) is 10.6. The zero-order valence-corrected chi connectivity index (χ0v) is 21.5. The van der Waals surface area contributed by atoms with Gasteiger partial charge in [-0.25, -0.2) is 0 Å². The molecule has 4 nitrogen and oxygen atoms in total. The summed E-state index contributed by atoms with van der Waals surface area (Å²) in [4.78, 5) is 26.7. The Hall–Kier alpha value is -3.48. The maximum Gasteiger partial charge on any atom is 0.224 e. The van der Waals surface area contributed by atoms with E-state index in [4.69, 9.17) is 0 Å². The number of aryl methyl sites for hydroxylation is 2. The van der Waals surface area contributed by atoms with Gasteiger partial charge in [0.25, 0.3) is 0 Å². The lowest BCUT2D eigenvalue weighted by Gasteiger charge is -2.08. The van der Waals surface area contributed by atoms with Crippen molar-refractivity contribution in [2.24, 2.45) is 0 Å². The predicted molar refractivity (Wildman–Crippen MR) is 151 cm³/mol. The van der Waals surface area contributed by atoms with Crippen molar-refractivity contribution in [1.29, 1.82) is 0 Å². The molecule has 0 radical (unpaired) electrons. The number of carbonyl (C=O) groups excluding carboxylic acids is 2. The third kappa shape index (κ3) is 8.63. The highest BCUT2D eigenvalue weighted by Gasteiger charge is 2.06. The highest BCUT2D eigenvalue weighted by Crippen LogP contribution is 2.38. The average molecular weight is 513 g/mol. The number of hydrogen-bond donors (Lipinski definition) is 2. The van der Waals surface area contributed by atoms with E-state index in [1.165, 1.54) is 0 Å². The van der Waals surface area contributed by atoms with E-state index in [1.807, 2.05) is 109 Å². The monoisotopic (exact) mass is 512 g/mol. The lowest BCUT2D eigenvalue weighted by molar-refractivity contribution is -0.117. The predicted octanol–water partition coefficient (Wildman–Crippen LogP) is 7.63. The minimum absolute atomic E-state index is 0.0147. The second-order valence-electron chi connectivity index (χ2n) is 8.28. The van der Waals surface area contributed by atoms with Gasteiger partial charge < -0.3 is 10.6 Å². The van der Waals surface area contributed by atoms with Crippen molar-refractivity contribution in [2.75, 3.05) is 10.6 Å². The quantitative estimate of drug-likeness (QED) is 0.203. The van der Waals surface area contributed by atoms with E-state index in [2.05, 4.69) is 10.6 Å². The van der Waals surface area contributed by atoms with Gasteiger partial charge in [0.1, 0.15) is 0 Å². The van der Waals surface area contributed by atoms with Gasteiger partial charge >= 0.3 is 0 Å². The molecule has 0 saturated heterocycles. The summed E-state index contributed by atoms with van der Waals surface area (Å²) in [6, 6.07) is 35.8. The molecule has 0 unspecified atom stereocenters. The van der Waals surface area contributed by atoms with Gasteiger partial charge in [0, 0.05) is 34.0 Å². The fourth-order valence-electron chi connectivity index (χ4n) is 3.54. The molecule has 0 aliphatic heterocycles. The van der Waals surface area contributed by atoms with Gasteiger partial charge in [-0.2, -0.15) is 0 Å². The average Bonchev–Trinajstić information content (AvgIpc) is 2.92. The molecular weight excluding hydrogens is 484 g/mol. The molecule has 4 aromatic rings. The van der Waals surface area contributed by atoms with E-state index in [0.717, 1.165) is 45.1 Å². The molecule has 0 atom stereocenters. The number of hydrogen-bond acceptors (Lipinski definition) is 4. The third-order valence-corrected chi connectivity index (χ3v) is 7.89. The van der Waals surface area contributed by atoms with Crippen molar-refractivity contribution in [1.82, 2.24) is 0 Å².